The minimum atomic E-state index is -0.277. The SMILES string of the molecule is Cc1ccc(Cn2c(Nc3ccc(Cl)cc3)nc3ccc(F)cc32)cc1. The molecule has 0 aliphatic heterocycles. The molecule has 0 saturated carbocycles. The summed E-state index contributed by atoms with van der Waals surface area (Å²) in [6, 6.07) is 20.3. The van der Waals surface area contributed by atoms with E-state index in [2.05, 4.69) is 41.5 Å². The van der Waals surface area contributed by atoms with E-state index in [1.54, 1.807) is 6.07 Å². The summed E-state index contributed by atoms with van der Waals surface area (Å²) in [5, 5.41) is 3.98. The quantitative estimate of drug-likeness (QED) is 0.485. The largest absolute Gasteiger partial charge is 0.326 e. The highest BCUT2D eigenvalue weighted by molar-refractivity contribution is 6.30. The highest BCUT2D eigenvalue weighted by Crippen LogP contribution is 2.25. The van der Waals surface area contributed by atoms with Gasteiger partial charge in [0.05, 0.1) is 17.6 Å². The number of aryl methyl sites for hydroxylation is 1. The van der Waals surface area contributed by atoms with Crippen LogP contribution in [0.5, 0.6) is 0 Å². The van der Waals surface area contributed by atoms with Gasteiger partial charge in [-0.15, -0.1) is 0 Å². The number of hydrogen-bond acceptors (Lipinski definition) is 2. The molecular formula is C21H17ClFN3. The fourth-order valence-corrected chi connectivity index (χ4v) is 3.02. The van der Waals surface area contributed by atoms with E-state index in [9.17, 15) is 4.39 Å². The molecule has 0 aliphatic rings. The first-order chi connectivity index (χ1) is 12.6. The minimum Gasteiger partial charge on any atom is -0.326 e. The average Bonchev–Trinajstić information content (AvgIpc) is 2.95. The Morgan fingerprint density at radius 1 is 1.00 bits per heavy atom. The van der Waals surface area contributed by atoms with Gasteiger partial charge in [0.15, 0.2) is 0 Å². The number of benzene rings is 3. The van der Waals surface area contributed by atoms with Crippen molar-refractivity contribution in [3.8, 4) is 0 Å². The lowest BCUT2D eigenvalue weighted by atomic mass is 10.1. The molecule has 0 aliphatic carbocycles. The number of halogens is 2. The number of imidazole rings is 1. The fourth-order valence-electron chi connectivity index (χ4n) is 2.89. The Morgan fingerprint density at radius 3 is 2.46 bits per heavy atom. The molecule has 0 atom stereocenters. The van der Waals surface area contributed by atoms with Crippen LogP contribution < -0.4 is 5.32 Å². The Morgan fingerprint density at radius 2 is 1.73 bits per heavy atom. The fraction of sp³-hybridized carbons (Fsp3) is 0.0952. The summed E-state index contributed by atoms with van der Waals surface area (Å²) in [6.45, 7) is 2.65. The second-order valence-corrected chi connectivity index (χ2v) is 6.71. The second-order valence-electron chi connectivity index (χ2n) is 6.27. The summed E-state index contributed by atoms with van der Waals surface area (Å²) in [5.74, 6) is 0.383. The first-order valence-corrected chi connectivity index (χ1v) is 8.70. The smallest absolute Gasteiger partial charge is 0.208 e. The molecule has 0 fully saturated rings. The Bertz CT molecular complexity index is 1050. The van der Waals surface area contributed by atoms with Gasteiger partial charge in [0.1, 0.15) is 5.82 Å². The van der Waals surface area contributed by atoms with Gasteiger partial charge < -0.3 is 9.88 Å². The molecular weight excluding hydrogens is 349 g/mol. The summed E-state index contributed by atoms with van der Waals surface area (Å²) in [5.41, 5.74) is 4.69. The molecule has 0 spiro atoms. The summed E-state index contributed by atoms with van der Waals surface area (Å²) >= 11 is 5.96. The van der Waals surface area contributed by atoms with Crippen LogP contribution in [0.25, 0.3) is 11.0 Å². The lowest BCUT2D eigenvalue weighted by molar-refractivity contribution is 0.628. The van der Waals surface area contributed by atoms with Gasteiger partial charge in [0.25, 0.3) is 0 Å². The lowest BCUT2D eigenvalue weighted by Crippen LogP contribution is -2.05. The normalized spacial score (nSPS) is 11.0. The van der Waals surface area contributed by atoms with E-state index < -0.39 is 0 Å². The van der Waals surface area contributed by atoms with Gasteiger partial charge in [0, 0.05) is 10.7 Å². The van der Waals surface area contributed by atoms with E-state index in [-0.39, 0.29) is 5.82 Å². The number of nitrogens with zero attached hydrogens (tertiary/aromatic N) is 2. The zero-order valence-corrected chi connectivity index (χ0v) is 15.0. The third kappa shape index (κ3) is 3.41. The van der Waals surface area contributed by atoms with Crippen molar-refractivity contribution in [2.75, 3.05) is 5.32 Å². The van der Waals surface area contributed by atoms with Crippen molar-refractivity contribution < 1.29 is 4.39 Å². The number of aromatic nitrogens is 2. The Balaban J connectivity index is 1.77. The summed E-state index contributed by atoms with van der Waals surface area (Å²) < 4.78 is 15.8. The van der Waals surface area contributed by atoms with E-state index in [4.69, 9.17) is 11.6 Å². The molecule has 1 heterocycles. The molecule has 1 N–H and O–H groups in total. The van der Waals surface area contributed by atoms with Gasteiger partial charge in [-0.3, -0.25) is 0 Å². The molecule has 4 rings (SSSR count). The van der Waals surface area contributed by atoms with Crippen LogP contribution in [0.15, 0.2) is 66.7 Å². The van der Waals surface area contributed by atoms with Crippen molar-refractivity contribution in [1.82, 2.24) is 9.55 Å². The van der Waals surface area contributed by atoms with E-state index in [0.29, 0.717) is 17.5 Å². The number of anilines is 2. The predicted molar refractivity (Wildman–Crippen MR) is 105 cm³/mol. The van der Waals surface area contributed by atoms with Crippen LogP contribution in [-0.4, -0.2) is 9.55 Å². The van der Waals surface area contributed by atoms with Gasteiger partial charge in [-0.2, -0.15) is 0 Å². The van der Waals surface area contributed by atoms with Gasteiger partial charge in [0.2, 0.25) is 5.95 Å². The molecule has 3 aromatic carbocycles. The molecule has 0 unspecified atom stereocenters. The molecule has 1 aromatic heterocycles. The zero-order chi connectivity index (χ0) is 18.1. The molecule has 130 valence electrons. The highest BCUT2D eigenvalue weighted by Gasteiger charge is 2.12. The molecule has 4 aromatic rings. The van der Waals surface area contributed by atoms with Gasteiger partial charge in [-0.05, 0) is 55.0 Å². The zero-order valence-electron chi connectivity index (χ0n) is 14.2. The Labute approximate surface area is 156 Å². The van der Waals surface area contributed by atoms with E-state index in [1.807, 2.05) is 28.8 Å². The summed E-state index contributed by atoms with van der Waals surface area (Å²) in [6.07, 6.45) is 0. The first kappa shape index (κ1) is 16.6. The van der Waals surface area contributed by atoms with E-state index in [1.165, 1.54) is 17.7 Å². The van der Waals surface area contributed by atoms with Gasteiger partial charge >= 0.3 is 0 Å². The monoisotopic (exact) mass is 365 g/mol. The van der Waals surface area contributed by atoms with Crippen LogP contribution in [0.2, 0.25) is 5.02 Å². The van der Waals surface area contributed by atoms with Crippen molar-refractivity contribution in [2.45, 2.75) is 13.5 Å². The van der Waals surface area contributed by atoms with Crippen LogP contribution in [0.3, 0.4) is 0 Å². The van der Waals surface area contributed by atoms with Crippen molar-refractivity contribution in [3.63, 3.8) is 0 Å². The number of rotatable bonds is 4. The van der Waals surface area contributed by atoms with Crippen molar-refractivity contribution >= 4 is 34.3 Å². The Kier molecular flexibility index (Phi) is 4.35. The molecule has 5 heteroatoms. The molecule has 26 heavy (non-hydrogen) atoms. The maximum Gasteiger partial charge on any atom is 0.208 e. The summed E-state index contributed by atoms with van der Waals surface area (Å²) in [7, 11) is 0. The summed E-state index contributed by atoms with van der Waals surface area (Å²) in [4.78, 5) is 4.64. The van der Waals surface area contributed by atoms with Crippen molar-refractivity contribution in [2.24, 2.45) is 0 Å². The number of fused-ring (bicyclic) bond motifs is 1. The van der Waals surface area contributed by atoms with Crippen LogP contribution >= 0.6 is 11.6 Å². The third-order valence-corrected chi connectivity index (χ3v) is 4.52. The van der Waals surface area contributed by atoms with Crippen molar-refractivity contribution in [1.29, 1.82) is 0 Å². The third-order valence-electron chi connectivity index (χ3n) is 4.27. The predicted octanol–water partition coefficient (Wildman–Crippen LogP) is 5.93. The van der Waals surface area contributed by atoms with Crippen LogP contribution in [-0.2, 0) is 6.54 Å². The van der Waals surface area contributed by atoms with Gasteiger partial charge in [-0.25, -0.2) is 9.37 Å². The molecule has 0 radical (unpaired) electrons. The molecule has 3 nitrogen and oxygen atoms in total. The highest BCUT2D eigenvalue weighted by atomic mass is 35.5. The molecule has 0 amide bonds. The Hall–Kier alpha value is -2.85. The van der Waals surface area contributed by atoms with Gasteiger partial charge in [-0.1, -0.05) is 41.4 Å². The topological polar surface area (TPSA) is 29.9 Å². The maximum atomic E-state index is 13.8. The second kappa shape index (κ2) is 6.81. The lowest BCUT2D eigenvalue weighted by Gasteiger charge is -2.11. The average molecular weight is 366 g/mol. The van der Waals surface area contributed by atoms with E-state index in [0.717, 1.165) is 22.3 Å². The number of hydrogen-bond donors (Lipinski definition) is 1. The first-order valence-electron chi connectivity index (χ1n) is 8.32. The number of nitrogens with one attached hydrogen (secondary N) is 1. The van der Waals surface area contributed by atoms with Crippen molar-refractivity contribution in [3.05, 3.63) is 88.7 Å². The van der Waals surface area contributed by atoms with Crippen LogP contribution in [0.1, 0.15) is 11.1 Å². The molecule has 0 saturated heterocycles. The minimum absolute atomic E-state index is 0.277. The van der Waals surface area contributed by atoms with Crippen LogP contribution in [0.4, 0.5) is 16.0 Å². The van der Waals surface area contributed by atoms with Crippen LogP contribution in [0, 0.1) is 12.7 Å². The maximum absolute atomic E-state index is 13.8. The van der Waals surface area contributed by atoms with E-state index >= 15 is 0 Å². The molecule has 0 bridgehead atoms. The standard InChI is InChI=1S/C21H17ClFN3/c1-14-2-4-15(5-3-14)13-26-20-12-17(23)8-11-19(20)25-21(26)24-18-9-6-16(22)7-10-18/h2-12H,13H2,1H3,(H,24,25).